The Kier molecular flexibility index (Phi) is 2.98. The van der Waals surface area contributed by atoms with E-state index in [9.17, 15) is 4.79 Å². The smallest absolute Gasteiger partial charge is 0.169 e. The second-order valence-electron chi connectivity index (χ2n) is 3.26. The highest BCUT2D eigenvalue weighted by Gasteiger charge is 2.13. The normalized spacial score (nSPS) is 13.3. The van der Waals surface area contributed by atoms with E-state index in [1.54, 1.807) is 16.7 Å². The molecule has 0 aliphatic carbocycles. The lowest BCUT2D eigenvalue weighted by atomic mass is 9.99. The molecule has 0 aliphatic heterocycles. The highest BCUT2D eigenvalue weighted by atomic mass is 32.1. The van der Waals surface area contributed by atoms with Crippen molar-refractivity contribution in [1.29, 1.82) is 0 Å². The molecule has 1 heterocycles. The van der Waals surface area contributed by atoms with Crippen molar-refractivity contribution < 1.29 is 4.79 Å². The van der Waals surface area contributed by atoms with Crippen molar-refractivity contribution in [3.63, 3.8) is 0 Å². The van der Waals surface area contributed by atoms with Crippen LogP contribution in [-0.4, -0.2) is 11.3 Å². The SMILES string of the molecule is CC(C)C(C)c1nc(C=O)cs1. The first kappa shape index (κ1) is 9.39. The maximum Gasteiger partial charge on any atom is 0.169 e. The maximum absolute atomic E-state index is 10.4. The molecule has 0 fully saturated rings. The van der Waals surface area contributed by atoms with Crippen LogP contribution in [-0.2, 0) is 0 Å². The van der Waals surface area contributed by atoms with E-state index in [1.807, 2.05) is 0 Å². The summed E-state index contributed by atoms with van der Waals surface area (Å²) in [6.07, 6.45) is 0.799. The van der Waals surface area contributed by atoms with E-state index < -0.39 is 0 Å². The van der Waals surface area contributed by atoms with Gasteiger partial charge in [0.15, 0.2) is 6.29 Å². The molecule has 12 heavy (non-hydrogen) atoms. The standard InChI is InChI=1S/C9H13NOS/c1-6(2)7(3)9-10-8(4-11)5-12-9/h4-7H,1-3H3. The molecule has 0 spiro atoms. The predicted molar refractivity (Wildman–Crippen MR) is 50.8 cm³/mol. The third-order valence-corrected chi connectivity index (χ3v) is 3.11. The lowest BCUT2D eigenvalue weighted by Gasteiger charge is -2.11. The van der Waals surface area contributed by atoms with Crippen LogP contribution in [0, 0.1) is 5.92 Å². The lowest BCUT2D eigenvalue weighted by molar-refractivity contribution is 0.111. The van der Waals surface area contributed by atoms with Crippen LogP contribution in [0.2, 0.25) is 0 Å². The van der Waals surface area contributed by atoms with Crippen molar-refractivity contribution in [3.8, 4) is 0 Å². The number of aldehydes is 1. The van der Waals surface area contributed by atoms with Crippen LogP contribution in [0.25, 0.3) is 0 Å². The molecule has 0 saturated carbocycles. The fourth-order valence-electron chi connectivity index (χ4n) is 0.849. The number of aromatic nitrogens is 1. The third-order valence-electron chi connectivity index (χ3n) is 2.05. The second kappa shape index (κ2) is 3.81. The topological polar surface area (TPSA) is 30.0 Å². The van der Waals surface area contributed by atoms with Crippen LogP contribution in [0.1, 0.15) is 42.2 Å². The van der Waals surface area contributed by atoms with E-state index in [-0.39, 0.29) is 0 Å². The Labute approximate surface area is 76.6 Å². The van der Waals surface area contributed by atoms with Crippen molar-refractivity contribution in [3.05, 3.63) is 16.1 Å². The molecular formula is C9H13NOS. The first-order chi connectivity index (χ1) is 5.65. The largest absolute Gasteiger partial charge is 0.296 e. The maximum atomic E-state index is 10.4. The fraction of sp³-hybridized carbons (Fsp3) is 0.556. The first-order valence-electron chi connectivity index (χ1n) is 4.05. The highest BCUT2D eigenvalue weighted by Crippen LogP contribution is 2.25. The van der Waals surface area contributed by atoms with Crippen molar-refractivity contribution in [2.24, 2.45) is 5.92 Å². The minimum atomic E-state index is 0.448. The second-order valence-corrected chi connectivity index (χ2v) is 4.15. The molecule has 2 nitrogen and oxygen atoms in total. The lowest BCUT2D eigenvalue weighted by Crippen LogP contribution is -2.01. The molecule has 3 heteroatoms. The van der Waals surface area contributed by atoms with Gasteiger partial charge in [0.25, 0.3) is 0 Å². The minimum absolute atomic E-state index is 0.448. The molecule has 1 aromatic heterocycles. The van der Waals surface area contributed by atoms with Gasteiger partial charge < -0.3 is 0 Å². The van der Waals surface area contributed by atoms with Gasteiger partial charge in [0, 0.05) is 11.3 Å². The summed E-state index contributed by atoms with van der Waals surface area (Å²) in [7, 11) is 0. The summed E-state index contributed by atoms with van der Waals surface area (Å²) < 4.78 is 0. The van der Waals surface area contributed by atoms with Crippen LogP contribution in [0.4, 0.5) is 0 Å². The first-order valence-corrected chi connectivity index (χ1v) is 4.93. The molecule has 0 amide bonds. The number of carbonyl (C=O) groups excluding carboxylic acids is 1. The molecule has 1 atom stereocenters. The number of nitrogens with zero attached hydrogens (tertiary/aromatic N) is 1. The van der Waals surface area contributed by atoms with E-state index in [4.69, 9.17) is 0 Å². The molecule has 0 aromatic carbocycles. The van der Waals surface area contributed by atoms with Gasteiger partial charge >= 0.3 is 0 Å². The summed E-state index contributed by atoms with van der Waals surface area (Å²) in [6.45, 7) is 6.46. The van der Waals surface area contributed by atoms with Crippen molar-refractivity contribution >= 4 is 17.6 Å². The summed E-state index contributed by atoms with van der Waals surface area (Å²) in [5.74, 6) is 1.03. The van der Waals surface area contributed by atoms with Gasteiger partial charge in [-0.25, -0.2) is 4.98 Å². The van der Waals surface area contributed by atoms with Gasteiger partial charge in [-0.1, -0.05) is 20.8 Å². The van der Waals surface area contributed by atoms with E-state index in [0.717, 1.165) is 11.3 Å². The van der Waals surface area contributed by atoms with E-state index in [0.29, 0.717) is 17.5 Å². The average molecular weight is 183 g/mol. The Hall–Kier alpha value is -0.700. The van der Waals surface area contributed by atoms with E-state index in [1.165, 1.54) is 0 Å². The molecule has 1 unspecified atom stereocenters. The van der Waals surface area contributed by atoms with Gasteiger partial charge in [0.2, 0.25) is 0 Å². The molecule has 0 bridgehead atoms. The van der Waals surface area contributed by atoms with Gasteiger partial charge in [0.1, 0.15) is 5.69 Å². The fourth-order valence-corrected chi connectivity index (χ4v) is 1.84. The number of carbonyl (C=O) groups is 1. The highest BCUT2D eigenvalue weighted by molar-refractivity contribution is 7.09. The molecule has 1 rings (SSSR count). The third kappa shape index (κ3) is 1.91. The van der Waals surface area contributed by atoms with Gasteiger partial charge in [-0.3, -0.25) is 4.79 Å². The molecule has 1 aromatic rings. The monoisotopic (exact) mass is 183 g/mol. The number of rotatable bonds is 3. The van der Waals surface area contributed by atoms with Gasteiger partial charge in [-0.15, -0.1) is 11.3 Å². The zero-order valence-corrected chi connectivity index (χ0v) is 8.39. The number of hydrogen-bond acceptors (Lipinski definition) is 3. The summed E-state index contributed by atoms with van der Waals surface area (Å²) in [5.41, 5.74) is 0.558. The Morgan fingerprint density at radius 1 is 1.50 bits per heavy atom. The Bertz CT molecular complexity index is 267. The van der Waals surface area contributed by atoms with Crippen LogP contribution in [0.3, 0.4) is 0 Å². The predicted octanol–water partition coefficient (Wildman–Crippen LogP) is 2.72. The van der Waals surface area contributed by atoms with E-state index >= 15 is 0 Å². The molecular weight excluding hydrogens is 170 g/mol. The molecule has 0 N–H and O–H groups in total. The van der Waals surface area contributed by atoms with Crippen LogP contribution in [0.5, 0.6) is 0 Å². The zero-order chi connectivity index (χ0) is 9.14. The molecule has 0 saturated heterocycles. The molecule has 66 valence electrons. The van der Waals surface area contributed by atoms with Gasteiger partial charge in [-0.2, -0.15) is 0 Å². The Morgan fingerprint density at radius 3 is 2.58 bits per heavy atom. The Balaban J connectivity index is 2.81. The van der Waals surface area contributed by atoms with Crippen LogP contribution < -0.4 is 0 Å². The average Bonchev–Trinajstić information content (AvgIpc) is 2.50. The molecule has 0 aliphatic rings. The van der Waals surface area contributed by atoms with Crippen LogP contribution in [0.15, 0.2) is 5.38 Å². The van der Waals surface area contributed by atoms with Crippen molar-refractivity contribution in [1.82, 2.24) is 4.98 Å². The zero-order valence-electron chi connectivity index (χ0n) is 7.57. The summed E-state index contributed by atoms with van der Waals surface area (Å²) in [4.78, 5) is 14.6. The van der Waals surface area contributed by atoms with E-state index in [2.05, 4.69) is 25.8 Å². The molecule has 0 radical (unpaired) electrons. The number of hydrogen-bond donors (Lipinski definition) is 0. The quantitative estimate of drug-likeness (QED) is 0.674. The minimum Gasteiger partial charge on any atom is -0.296 e. The summed E-state index contributed by atoms with van der Waals surface area (Å²) in [6, 6.07) is 0. The number of thiazole rings is 1. The summed E-state index contributed by atoms with van der Waals surface area (Å²) >= 11 is 1.57. The van der Waals surface area contributed by atoms with Crippen molar-refractivity contribution in [2.75, 3.05) is 0 Å². The summed E-state index contributed by atoms with van der Waals surface area (Å²) in [5, 5.41) is 2.87. The van der Waals surface area contributed by atoms with Gasteiger partial charge in [0.05, 0.1) is 5.01 Å². The van der Waals surface area contributed by atoms with Crippen molar-refractivity contribution in [2.45, 2.75) is 26.7 Å². The Morgan fingerprint density at radius 2 is 2.17 bits per heavy atom. The van der Waals surface area contributed by atoms with Gasteiger partial charge in [-0.05, 0) is 5.92 Å². The van der Waals surface area contributed by atoms with Crippen LogP contribution >= 0.6 is 11.3 Å².